The van der Waals surface area contributed by atoms with E-state index in [9.17, 15) is 0 Å². The number of alkyl halides is 2. The van der Waals surface area contributed by atoms with Crippen molar-refractivity contribution in [1.82, 2.24) is 0 Å². The number of hydrogen-bond donors (Lipinski definition) is 0. The standard InChI is InChI=1S/C8H14Cl2O4/c9-1-3-11-7-5-14-8(6-13-7)12-4-2-10/h7-8H,1-6H2. The van der Waals surface area contributed by atoms with Crippen LogP contribution >= 0.6 is 23.2 Å². The first-order valence-electron chi connectivity index (χ1n) is 4.45. The molecular weight excluding hydrogens is 231 g/mol. The predicted molar refractivity (Wildman–Crippen MR) is 52.8 cm³/mol. The van der Waals surface area contributed by atoms with Crippen LogP contribution in [0, 0.1) is 0 Å². The van der Waals surface area contributed by atoms with E-state index in [4.69, 9.17) is 42.1 Å². The molecule has 0 aromatic rings. The molecule has 84 valence electrons. The lowest BCUT2D eigenvalue weighted by atomic mass is 10.5. The minimum absolute atomic E-state index is 0.329. The van der Waals surface area contributed by atoms with Gasteiger partial charge in [-0.15, -0.1) is 23.2 Å². The van der Waals surface area contributed by atoms with Crippen LogP contribution in [0.1, 0.15) is 0 Å². The lowest BCUT2D eigenvalue weighted by Crippen LogP contribution is -2.39. The summed E-state index contributed by atoms with van der Waals surface area (Å²) in [5, 5.41) is 0. The van der Waals surface area contributed by atoms with E-state index in [1.54, 1.807) is 0 Å². The molecule has 0 aliphatic carbocycles. The summed E-state index contributed by atoms with van der Waals surface area (Å²) in [5.74, 6) is 0.901. The fourth-order valence-corrected chi connectivity index (χ4v) is 1.19. The first-order chi connectivity index (χ1) is 6.86. The molecule has 2 atom stereocenters. The smallest absolute Gasteiger partial charge is 0.181 e. The van der Waals surface area contributed by atoms with Crippen molar-refractivity contribution in [2.75, 3.05) is 38.2 Å². The molecule has 1 aliphatic heterocycles. The Morgan fingerprint density at radius 2 is 1.36 bits per heavy atom. The molecule has 2 unspecified atom stereocenters. The Labute approximate surface area is 93.3 Å². The Kier molecular flexibility index (Phi) is 6.85. The maximum absolute atomic E-state index is 5.46. The zero-order chi connectivity index (χ0) is 10.2. The molecule has 6 heteroatoms. The zero-order valence-corrected chi connectivity index (χ0v) is 9.30. The fourth-order valence-electron chi connectivity index (χ4n) is 1.01. The summed E-state index contributed by atoms with van der Waals surface area (Å²) in [6, 6.07) is 0. The molecule has 0 amide bonds. The third-order valence-corrected chi connectivity index (χ3v) is 1.91. The summed E-state index contributed by atoms with van der Waals surface area (Å²) in [6.07, 6.45) is -0.658. The monoisotopic (exact) mass is 244 g/mol. The van der Waals surface area contributed by atoms with E-state index >= 15 is 0 Å². The second kappa shape index (κ2) is 7.68. The number of rotatable bonds is 6. The van der Waals surface area contributed by atoms with Crippen LogP contribution in [0.5, 0.6) is 0 Å². The van der Waals surface area contributed by atoms with Crippen LogP contribution in [-0.2, 0) is 18.9 Å². The number of ether oxygens (including phenoxy) is 4. The highest BCUT2D eigenvalue weighted by Crippen LogP contribution is 2.09. The molecule has 0 radical (unpaired) electrons. The molecule has 1 heterocycles. The fraction of sp³-hybridized carbons (Fsp3) is 1.00. The highest BCUT2D eigenvalue weighted by molar-refractivity contribution is 6.18. The minimum atomic E-state index is -0.329. The van der Waals surface area contributed by atoms with Crippen molar-refractivity contribution >= 4 is 23.2 Å². The second-order valence-corrected chi connectivity index (χ2v) is 3.40. The van der Waals surface area contributed by atoms with E-state index in [0.29, 0.717) is 38.2 Å². The Bertz CT molecular complexity index is 123. The molecule has 14 heavy (non-hydrogen) atoms. The van der Waals surface area contributed by atoms with E-state index in [1.165, 1.54) is 0 Å². The average molecular weight is 245 g/mol. The molecule has 0 bridgehead atoms. The molecule has 0 N–H and O–H groups in total. The Morgan fingerprint density at radius 3 is 1.64 bits per heavy atom. The number of halogens is 2. The van der Waals surface area contributed by atoms with Crippen LogP contribution in [0.15, 0.2) is 0 Å². The van der Waals surface area contributed by atoms with Gasteiger partial charge in [0.1, 0.15) is 13.2 Å². The van der Waals surface area contributed by atoms with E-state index in [0.717, 1.165) is 0 Å². The summed E-state index contributed by atoms with van der Waals surface area (Å²) in [5.41, 5.74) is 0. The SMILES string of the molecule is ClCCOC1COC(OCCCl)CO1. The topological polar surface area (TPSA) is 36.9 Å². The molecule has 1 fully saturated rings. The first kappa shape index (κ1) is 12.5. The van der Waals surface area contributed by atoms with E-state index < -0.39 is 0 Å². The summed E-state index contributed by atoms with van der Waals surface area (Å²) < 4.78 is 21.1. The lowest BCUT2D eigenvalue weighted by molar-refractivity contribution is -0.287. The van der Waals surface area contributed by atoms with Gasteiger partial charge in [-0.1, -0.05) is 0 Å². The van der Waals surface area contributed by atoms with Crippen molar-refractivity contribution < 1.29 is 18.9 Å². The molecule has 0 saturated carbocycles. The van der Waals surface area contributed by atoms with Crippen LogP contribution in [-0.4, -0.2) is 50.8 Å². The van der Waals surface area contributed by atoms with Gasteiger partial charge in [-0.25, -0.2) is 0 Å². The van der Waals surface area contributed by atoms with Crippen molar-refractivity contribution in [3.63, 3.8) is 0 Å². The van der Waals surface area contributed by atoms with Crippen molar-refractivity contribution in [1.29, 1.82) is 0 Å². The van der Waals surface area contributed by atoms with E-state index in [2.05, 4.69) is 0 Å². The third-order valence-electron chi connectivity index (χ3n) is 1.60. The van der Waals surface area contributed by atoms with Crippen molar-refractivity contribution in [3.05, 3.63) is 0 Å². The van der Waals surface area contributed by atoms with Crippen molar-refractivity contribution in [2.45, 2.75) is 12.6 Å². The molecule has 4 nitrogen and oxygen atoms in total. The quantitative estimate of drug-likeness (QED) is 0.659. The normalized spacial score (nSPS) is 27.9. The molecule has 0 aromatic heterocycles. The van der Waals surface area contributed by atoms with E-state index in [-0.39, 0.29) is 12.6 Å². The maximum atomic E-state index is 5.46. The third kappa shape index (κ3) is 4.77. The van der Waals surface area contributed by atoms with Gasteiger partial charge < -0.3 is 18.9 Å². The minimum Gasteiger partial charge on any atom is -0.349 e. The zero-order valence-electron chi connectivity index (χ0n) is 7.79. The van der Waals surface area contributed by atoms with Gasteiger partial charge >= 0.3 is 0 Å². The van der Waals surface area contributed by atoms with Gasteiger partial charge in [0.05, 0.1) is 13.2 Å². The lowest BCUT2D eigenvalue weighted by Gasteiger charge is -2.28. The molecule has 1 saturated heterocycles. The van der Waals surface area contributed by atoms with Gasteiger partial charge in [0.15, 0.2) is 12.6 Å². The van der Waals surface area contributed by atoms with Crippen molar-refractivity contribution in [3.8, 4) is 0 Å². The van der Waals surface area contributed by atoms with Crippen LogP contribution in [0.3, 0.4) is 0 Å². The summed E-state index contributed by atoms with van der Waals surface area (Å²) in [7, 11) is 0. The van der Waals surface area contributed by atoms with Gasteiger partial charge in [-0.05, 0) is 0 Å². The molecule has 0 aromatic carbocycles. The number of hydrogen-bond acceptors (Lipinski definition) is 4. The summed E-state index contributed by atoms with van der Waals surface area (Å²) >= 11 is 10.9. The van der Waals surface area contributed by atoms with Gasteiger partial charge in [0.25, 0.3) is 0 Å². The Morgan fingerprint density at radius 1 is 0.929 bits per heavy atom. The van der Waals surface area contributed by atoms with Gasteiger partial charge in [0.2, 0.25) is 0 Å². The highest BCUT2D eigenvalue weighted by Gasteiger charge is 2.22. The molecule has 1 aliphatic rings. The van der Waals surface area contributed by atoms with Gasteiger partial charge in [-0.2, -0.15) is 0 Å². The molecule has 1 rings (SSSR count). The molecule has 0 spiro atoms. The summed E-state index contributed by atoms with van der Waals surface area (Å²) in [4.78, 5) is 0. The van der Waals surface area contributed by atoms with Crippen molar-refractivity contribution in [2.24, 2.45) is 0 Å². The largest absolute Gasteiger partial charge is 0.349 e. The molecular formula is C8H14Cl2O4. The van der Waals surface area contributed by atoms with Crippen LogP contribution in [0.25, 0.3) is 0 Å². The highest BCUT2D eigenvalue weighted by atomic mass is 35.5. The van der Waals surface area contributed by atoms with Gasteiger partial charge in [-0.3, -0.25) is 0 Å². The van der Waals surface area contributed by atoms with Crippen LogP contribution in [0.2, 0.25) is 0 Å². The van der Waals surface area contributed by atoms with Gasteiger partial charge in [0, 0.05) is 11.8 Å². The average Bonchev–Trinajstić information content (AvgIpc) is 2.25. The second-order valence-electron chi connectivity index (χ2n) is 2.65. The van der Waals surface area contributed by atoms with Crippen LogP contribution < -0.4 is 0 Å². The predicted octanol–water partition coefficient (Wildman–Crippen LogP) is 1.20. The maximum Gasteiger partial charge on any atom is 0.181 e. The van der Waals surface area contributed by atoms with E-state index in [1.807, 2.05) is 0 Å². The first-order valence-corrected chi connectivity index (χ1v) is 5.52. The van der Waals surface area contributed by atoms with Crippen LogP contribution in [0.4, 0.5) is 0 Å². The Hall–Kier alpha value is 0.420. The summed E-state index contributed by atoms with van der Waals surface area (Å²) in [6.45, 7) is 1.65. The Balaban J connectivity index is 2.05.